The second-order valence-corrected chi connectivity index (χ2v) is 6.20. The number of hydrogen-bond acceptors (Lipinski definition) is 4. The molecule has 2 aliphatic heterocycles. The van der Waals surface area contributed by atoms with Gasteiger partial charge in [-0.05, 0) is 12.5 Å². The van der Waals surface area contributed by atoms with Crippen LogP contribution in [0.4, 0.5) is 4.79 Å². The number of carbonyl (C=O) groups is 1. The van der Waals surface area contributed by atoms with Crippen molar-refractivity contribution in [3.05, 3.63) is 35.9 Å². The van der Waals surface area contributed by atoms with Gasteiger partial charge in [0.2, 0.25) is 0 Å². The topological polar surface area (TPSA) is 53.0 Å². The molecule has 1 N–H and O–H groups in total. The zero-order valence-corrected chi connectivity index (χ0v) is 12.6. The fourth-order valence-corrected chi connectivity index (χ4v) is 3.31. The molecule has 1 amide bonds. The summed E-state index contributed by atoms with van der Waals surface area (Å²) in [6.07, 6.45) is 0.878. The molecular formula is C16H22N2O3. The first-order chi connectivity index (χ1) is 9.95. The molecule has 114 valence electrons. The summed E-state index contributed by atoms with van der Waals surface area (Å²) in [4.78, 5) is 15.4. The highest BCUT2D eigenvalue weighted by Crippen LogP contribution is 2.43. The van der Waals surface area contributed by atoms with Gasteiger partial charge in [0.15, 0.2) is 11.3 Å². The molecule has 2 aliphatic rings. The molecule has 1 aromatic rings. The number of ether oxygens (including phenoxy) is 1. The highest BCUT2D eigenvalue weighted by atomic mass is 16.6. The fourth-order valence-electron chi connectivity index (χ4n) is 3.31. The van der Waals surface area contributed by atoms with Gasteiger partial charge in [-0.2, -0.15) is 0 Å². The van der Waals surface area contributed by atoms with Crippen molar-refractivity contribution in [2.24, 2.45) is 0 Å². The summed E-state index contributed by atoms with van der Waals surface area (Å²) in [6, 6.07) is 10.3. The Labute approximate surface area is 125 Å². The summed E-state index contributed by atoms with van der Waals surface area (Å²) in [5.41, 5.74) is -0.727. The van der Waals surface area contributed by atoms with E-state index in [0.29, 0.717) is 12.8 Å². The van der Waals surface area contributed by atoms with Crippen molar-refractivity contribution in [2.75, 3.05) is 20.1 Å². The molecule has 0 bridgehead atoms. The number of carbonyl (C=O) groups excluding carboxylic acids is 1. The molecule has 0 radical (unpaired) electrons. The number of benzene rings is 1. The Hall–Kier alpha value is -1.59. The van der Waals surface area contributed by atoms with Gasteiger partial charge in [-0.1, -0.05) is 30.3 Å². The summed E-state index contributed by atoms with van der Waals surface area (Å²) >= 11 is 0. The van der Waals surface area contributed by atoms with E-state index < -0.39 is 17.4 Å². The first kappa shape index (κ1) is 14.4. The molecular weight excluding hydrogens is 268 g/mol. The minimum absolute atomic E-state index is 0.434. The van der Waals surface area contributed by atoms with Crippen molar-refractivity contribution in [1.29, 1.82) is 0 Å². The minimum atomic E-state index is -1.23. The van der Waals surface area contributed by atoms with E-state index in [1.807, 2.05) is 18.2 Å². The third kappa shape index (κ3) is 2.30. The lowest BCUT2D eigenvalue weighted by Crippen LogP contribution is -2.59. The quantitative estimate of drug-likeness (QED) is 0.902. The normalized spacial score (nSPS) is 28.9. The average molecular weight is 290 g/mol. The molecule has 1 spiro atoms. The maximum Gasteiger partial charge on any atom is 0.412 e. The van der Waals surface area contributed by atoms with Crippen LogP contribution in [0.15, 0.2) is 30.3 Å². The van der Waals surface area contributed by atoms with E-state index >= 15 is 0 Å². The molecule has 21 heavy (non-hydrogen) atoms. The number of likely N-dealkylation sites (tertiary alicyclic amines) is 1. The van der Waals surface area contributed by atoms with E-state index in [-0.39, 0.29) is 0 Å². The molecule has 5 nitrogen and oxygen atoms in total. The third-order valence-corrected chi connectivity index (χ3v) is 4.99. The lowest BCUT2D eigenvalue weighted by atomic mass is 9.82. The second kappa shape index (κ2) is 5.00. The fraction of sp³-hybridized carbons (Fsp3) is 0.562. The second-order valence-electron chi connectivity index (χ2n) is 6.20. The number of amides is 1. The summed E-state index contributed by atoms with van der Waals surface area (Å²) in [5, 5.41) is 10.6. The molecule has 2 saturated heterocycles. The lowest BCUT2D eigenvalue weighted by Gasteiger charge is -2.44. The lowest BCUT2D eigenvalue weighted by molar-refractivity contribution is -0.161. The van der Waals surface area contributed by atoms with Crippen molar-refractivity contribution in [1.82, 2.24) is 9.80 Å². The van der Waals surface area contributed by atoms with E-state index in [4.69, 9.17) is 4.74 Å². The Morgan fingerprint density at radius 1 is 1.24 bits per heavy atom. The van der Waals surface area contributed by atoms with Crippen LogP contribution in [0.2, 0.25) is 0 Å². The van der Waals surface area contributed by atoms with E-state index in [1.165, 1.54) is 10.5 Å². The van der Waals surface area contributed by atoms with Crippen LogP contribution < -0.4 is 0 Å². The highest BCUT2D eigenvalue weighted by Gasteiger charge is 2.61. The monoisotopic (exact) mass is 290 g/mol. The highest BCUT2D eigenvalue weighted by molar-refractivity contribution is 5.71. The number of piperidine rings is 1. The van der Waals surface area contributed by atoms with Crippen LogP contribution >= 0.6 is 0 Å². The first-order valence-electron chi connectivity index (χ1n) is 7.40. The summed E-state index contributed by atoms with van der Waals surface area (Å²) < 4.78 is 5.53. The van der Waals surface area contributed by atoms with Crippen molar-refractivity contribution in [3.8, 4) is 0 Å². The van der Waals surface area contributed by atoms with Crippen LogP contribution in [0.1, 0.15) is 25.3 Å². The number of hydrogen-bond donors (Lipinski definition) is 1. The van der Waals surface area contributed by atoms with Gasteiger partial charge in [0.1, 0.15) is 0 Å². The Kier molecular flexibility index (Phi) is 3.42. The van der Waals surface area contributed by atoms with Crippen molar-refractivity contribution in [3.63, 3.8) is 0 Å². The Morgan fingerprint density at radius 3 is 2.38 bits per heavy atom. The van der Waals surface area contributed by atoms with Gasteiger partial charge in [-0.25, -0.2) is 4.79 Å². The molecule has 1 unspecified atom stereocenters. The standard InChI is InChI=1S/C16H22N2O3/c1-15(20)16(21-14(19)17(15)2)8-10-18(11-9-16)12-13-6-4-3-5-7-13/h3-7,20H,8-12H2,1-2H3. The predicted molar refractivity (Wildman–Crippen MR) is 78.6 cm³/mol. The van der Waals surface area contributed by atoms with Gasteiger partial charge < -0.3 is 9.84 Å². The van der Waals surface area contributed by atoms with Crippen LogP contribution in [0.5, 0.6) is 0 Å². The van der Waals surface area contributed by atoms with Crippen molar-refractivity contribution >= 4 is 6.09 Å². The van der Waals surface area contributed by atoms with Crippen LogP contribution in [0.25, 0.3) is 0 Å². The van der Waals surface area contributed by atoms with Gasteiger partial charge in [0.25, 0.3) is 0 Å². The van der Waals surface area contributed by atoms with Crippen LogP contribution in [0, 0.1) is 0 Å². The van der Waals surface area contributed by atoms with Gasteiger partial charge in [-0.3, -0.25) is 9.80 Å². The van der Waals surface area contributed by atoms with E-state index in [1.54, 1.807) is 14.0 Å². The van der Waals surface area contributed by atoms with Gasteiger partial charge in [0.05, 0.1) is 0 Å². The number of aliphatic hydroxyl groups is 1. The molecule has 0 aliphatic carbocycles. The SMILES string of the molecule is CN1C(=O)OC2(CCN(Cc3ccccc3)CC2)C1(C)O. The van der Waals surface area contributed by atoms with Crippen LogP contribution in [-0.2, 0) is 11.3 Å². The smallest absolute Gasteiger partial charge is 0.412 e. The molecule has 0 saturated carbocycles. The Bertz CT molecular complexity index is 522. The zero-order chi connectivity index (χ0) is 15.1. The predicted octanol–water partition coefficient (Wildman–Crippen LogP) is 1.81. The Balaban J connectivity index is 1.67. The van der Waals surface area contributed by atoms with Crippen molar-refractivity contribution < 1.29 is 14.6 Å². The summed E-state index contributed by atoms with van der Waals surface area (Å²) in [6.45, 7) is 4.19. The van der Waals surface area contributed by atoms with Crippen LogP contribution in [0.3, 0.4) is 0 Å². The molecule has 0 aromatic heterocycles. The number of nitrogens with zero attached hydrogens (tertiary/aromatic N) is 2. The summed E-state index contributed by atoms with van der Waals surface area (Å²) in [5.74, 6) is 0. The maximum absolute atomic E-state index is 11.8. The Morgan fingerprint density at radius 2 is 1.86 bits per heavy atom. The third-order valence-electron chi connectivity index (χ3n) is 4.99. The molecule has 5 heteroatoms. The van der Waals surface area contributed by atoms with Gasteiger partial charge in [-0.15, -0.1) is 0 Å². The molecule has 1 atom stereocenters. The zero-order valence-electron chi connectivity index (χ0n) is 12.6. The maximum atomic E-state index is 11.8. The number of rotatable bonds is 2. The molecule has 1 aromatic carbocycles. The van der Waals surface area contributed by atoms with E-state index in [2.05, 4.69) is 17.0 Å². The summed E-state index contributed by atoms with van der Waals surface area (Å²) in [7, 11) is 1.59. The van der Waals surface area contributed by atoms with E-state index in [0.717, 1.165) is 19.6 Å². The van der Waals surface area contributed by atoms with E-state index in [9.17, 15) is 9.90 Å². The number of likely N-dealkylation sites (N-methyl/N-ethyl adjacent to an activating group) is 1. The molecule has 3 rings (SSSR count). The largest absolute Gasteiger partial charge is 0.437 e. The molecule has 2 heterocycles. The van der Waals surface area contributed by atoms with Gasteiger partial charge >= 0.3 is 6.09 Å². The van der Waals surface area contributed by atoms with Crippen molar-refractivity contribution in [2.45, 2.75) is 37.6 Å². The average Bonchev–Trinajstić information content (AvgIpc) is 2.64. The first-order valence-corrected chi connectivity index (χ1v) is 7.40. The molecule has 2 fully saturated rings. The van der Waals surface area contributed by atoms with Crippen LogP contribution in [-0.4, -0.2) is 52.5 Å². The van der Waals surface area contributed by atoms with Gasteiger partial charge in [0, 0.05) is 39.5 Å². The minimum Gasteiger partial charge on any atom is -0.437 e.